The van der Waals surface area contributed by atoms with Crippen molar-refractivity contribution in [1.29, 1.82) is 0 Å². The minimum absolute atomic E-state index is 0.000798. The van der Waals surface area contributed by atoms with Crippen LogP contribution in [0.5, 0.6) is 11.5 Å². The molecule has 1 fully saturated rings. The van der Waals surface area contributed by atoms with Gasteiger partial charge in [-0.1, -0.05) is 24.6 Å². The highest BCUT2D eigenvalue weighted by atomic mass is 35.5. The number of carbonyl (C=O) groups is 1. The van der Waals surface area contributed by atoms with Crippen LogP contribution >= 0.6 is 11.6 Å². The number of hydrogen-bond donors (Lipinski definition) is 1. The monoisotopic (exact) mass is 401 g/mol. The number of hydrogen-bond acceptors (Lipinski definition) is 4. The maximum absolute atomic E-state index is 14.1. The van der Waals surface area contributed by atoms with Crippen LogP contribution in [0.1, 0.15) is 41.3 Å². The normalized spacial score (nSPS) is 21.0. The number of phenolic OH excluding ortho intramolecular Hbond substituents is 1. The number of benzene rings is 2. The molecule has 0 radical (unpaired) electrons. The molecule has 4 rings (SSSR count). The molecule has 2 aliphatic heterocycles. The molecule has 2 heterocycles. The maximum Gasteiger partial charge on any atom is 0.231 e. The van der Waals surface area contributed by atoms with E-state index in [1.54, 1.807) is 12.1 Å². The van der Waals surface area contributed by atoms with E-state index in [2.05, 4.69) is 11.8 Å². The van der Waals surface area contributed by atoms with Crippen LogP contribution in [0.25, 0.3) is 6.08 Å². The van der Waals surface area contributed by atoms with Crippen molar-refractivity contribution in [3.05, 3.63) is 63.6 Å². The molecule has 0 saturated carbocycles. The van der Waals surface area contributed by atoms with Gasteiger partial charge in [0.1, 0.15) is 17.3 Å². The van der Waals surface area contributed by atoms with E-state index in [1.165, 1.54) is 30.7 Å². The predicted octanol–water partition coefficient (Wildman–Crippen LogP) is 5.03. The van der Waals surface area contributed by atoms with Crippen LogP contribution < -0.4 is 4.74 Å². The van der Waals surface area contributed by atoms with Crippen molar-refractivity contribution < 1.29 is 19.0 Å². The molecular formula is C22H21ClFNO3. The number of nitrogens with zero attached hydrogens (tertiary/aromatic N) is 1. The number of rotatable bonds is 3. The average molecular weight is 402 g/mol. The largest absolute Gasteiger partial charge is 0.507 e. The molecule has 0 aliphatic carbocycles. The minimum atomic E-state index is -0.530. The molecule has 146 valence electrons. The standard InChI is InChI=1S/C22H21ClFNO3/c1-13-4-3-9-25(11-13)12-16-19(26)8-7-14-21(27)20(28-22(14)16)10-15-17(23)5-2-6-18(15)24/h2,5-8,10,13,26H,3-4,9,11-12H2,1H3/t13-/m0/s1. The van der Waals surface area contributed by atoms with E-state index in [0.717, 1.165) is 19.5 Å². The number of phenols is 1. The number of piperidine rings is 1. The average Bonchev–Trinajstić information content (AvgIpc) is 2.97. The molecule has 0 spiro atoms. The summed E-state index contributed by atoms with van der Waals surface area (Å²) in [6.07, 6.45) is 3.62. The van der Waals surface area contributed by atoms with Crippen molar-refractivity contribution >= 4 is 23.5 Å². The first-order chi connectivity index (χ1) is 13.4. The Bertz CT molecular complexity index is 952. The molecule has 4 nitrogen and oxygen atoms in total. The van der Waals surface area contributed by atoms with Crippen LogP contribution in [-0.2, 0) is 6.54 Å². The summed E-state index contributed by atoms with van der Waals surface area (Å²) in [6.45, 7) is 4.58. The number of likely N-dealkylation sites (tertiary alicyclic amines) is 1. The lowest BCUT2D eigenvalue weighted by Crippen LogP contribution is -2.33. The highest BCUT2D eigenvalue weighted by Gasteiger charge is 2.32. The number of allylic oxidation sites excluding steroid dienone is 1. The Morgan fingerprint density at radius 1 is 1.36 bits per heavy atom. The highest BCUT2D eigenvalue weighted by molar-refractivity contribution is 6.32. The molecule has 0 amide bonds. The highest BCUT2D eigenvalue weighted by Crippen LogP contribution is 2.41. The number of ketones is 1. The van der Waals surface area contributed by atoms with E-state index >= 15 is 0 Å². The lowest BCUT2D eigenvalue weighted by molar-refractivity contribution is 0.101. The molecule has 1 atom stereocenters. The Labute approximate surface area is 168 Å². The summed E-state index contributed by atoms with van der Waals surface area (Å²) < 4.78 is 19.9. The van der Waals surface area contributed by atoms with E-state index in [4.69, 9.17) is 16.3 Å². The van der Waals surface area contributed by atoms with Gasteiger partial charge in [-0.25, -0.2) is 4.39 Å². The number of ether oxygens (including phenoxy) is 1. The molecule has 0 aromatic heterocycles. The van der Waals surface area contributed by atoms with Gasteiger partial charge in [-0.3, -0.25) is 9.69 Å². The molecule has 6 heteroatoms. The number of halogens is 2. The molecule has 2 aromatic carbocycles. The number of Topliss-reactive ketones (excluding diaryl/α,β-unsaturated/α-hetero) is 1. The van der Waals surface area contributed by atoms with E-state index in [0.29, 0.717) is 29.3 Å². The van der Waals surface area contributed by atoms with Crippen molar-refractivity contribution in [1.82, 2.24) is 4.90 Å². The van der Waals surface area contributed by atoms with Crippen molar-refractivity contribution in [3.8, 4) is 11.5 Å². The molecule has 0 bridgehead atoms. The van der Waals surface area contributed by atoms with E-state index in [9.17, 15) is 14.3 Å². The second-order valence-electron chi connectivity index (χ2n) is 7.50. The summed E-state index contributed by atoms with van der Waals surface area (Å²) in [5.41, 5.74) is 1.07. The van der Waals surface area contributed by atoms with Gasteiger partial charge in [0.25, 0.3) is 0 Å². The van der Waals surface area contributed by atoms with Gasteiger partial charge in [-0.05, 0) is 55.6 Å². The van der Waals surface area contributed by atoms with Crippen molar-refractivity contribution in [2.45, 2.75) is 26.3 Å². The van der Waals surface area contributed by atoms with Crippen LogP contribution in [-0.4, -0.2) is 28.9 Å². The smallest absolute Gasteiger partial charge is 0.231 e. The maximum atomic E-state index is 14.1. The first-order valence-electron chi connectivity index (χ1n) is 9.39. The minimum Gasteiger partial charge on any atom is -0.507 e. The van der Waals surface area contributed by atoms with Crippen LogP contribution in [0.4, 0.5) is 4.39 Å². The van der Waals surface area contributed by atoms with Gasteiger partial charge in [0.2, 0.25) is 5.78 Å². The van der Waals surface area contributed by atoms with Gasteiger partial charge in [-0.2, -0.15) is 0 Å². The molecule has 0 unspecified atom stereocenters. The van der Waals surface area contributed by atoms with Gasteiger partial charge in [0, 0.05) is 18.7 Å². The zero-order valence-electron chi connectivity index (χ0n) is 15.5. The second kappa shape index (κ2) is 7.57. The molecule has 1 N–H and O–H groups in total. The molecule has 1 saturated heterocycles. The third-order valence-electron chi connectivity index (χ3n) is 5.31. The van der Waals surface area contributed by atoms with Gasteiger partial charge >= 0.3 is 0 Å². The number of fused-ring (bicyclic) bond motifs is 1. The summed E-state index contributed by atoms with van der Waals surface area (Å²) in [6, 6.07) is 7.39. The summed E-state index contributed by atoms with van der Waals surface area (Å²) in [7, 11) is 0. The Hall–Kier alpha value is -2.37. The number of carbonyl (C=O) groups excluding carboxylic acids is 1. The third kappa shape index (κ3) is 3.52. The van der Waals surface area contributed by atoms with Crippen LogP contribution in [0.15, 0.2) is 36.1 Å². The topological polar surface area (TPSA) is 49.8 Å². The lowest BCUT2D eigenvalue weighted by atomic mass is 9.99. The Kier molecular flexibility index (Phi) is 5.13. The van der Waals surface area contributed by atoms with E-state index in [1.807, 2.05) is 0 Å². The Balaban J connectivity index is 1.68. The Morgan fingerprint density at radius 2 is 2.18 bits per heavy atom. The SMILES string of the molecule is C[C@H]1CCCN(Cc2c(O)ccc3c2OC(=Cc2c(F)cccc2Cl)C3=O)C1. The van der Waals surface area contributed by atoms with Gasteiger partial charge in [0.05, 0.1) is 16.1 Å². The summed E-state index contributed by atoms with van der Waals surface area (Å²) in [4.78, 5) is 15.0. The van der Waals surface area contributed by atoms with Crippen molar-refractivity contribution in [3.63, 3.8) is 0 Å². The fourth-order valence-corrected chi connectivity index (χ4v) is 4.10. The molecule has 2 aromatic rings. The number of aromatic hydroxyl groups is 1. The molecule has 2 aliphatic rings. The van der Waals surface area contributed by atoms with Crippen molar-refractivity contribution in [2.24, 2.45) is 5.92 Å². The molecular weight excluding hydrogens is 381 g/mol. The fourth-order valence-electron chi connectivity index (χ4n) is 3.88. The quantitative estimate of drug-likeness (QED) is 0.732. The van der Waals surface area contributed by atoms with Crippen LogP contribution in [0.2, 0.25) is 5.02 Å². The predicted molar refractivity (Wildman–Crippen MR) is 106 cm³/mol. The molecule has 28 heavy (non-hydrogen) atoms. The van der Waals surface area contributed by atoms with Gasteiger partial charge < -0.3 is 9.84 Å². The van der Waals surface area contributed by atoms with Gasteiger partial charge in [0.15, 0.2) is 5.76 Å². The summed E-state index contributed by atoms with van der Waals surface area (Å²) in [5, 5.41) is 10.6. The van der Waals surface area contributed by atoms with Crippen LogP contribution in [0, 0.1) is 11.7 Å². The van der Waals surface area contributed by atoms with E-state index in [-0.39, 0.29) is 27.9 Å². The lowest BCUT2D eigenvalue weighted by Gasteiger charge is -2.31. The first kappa shape index (κ1) is 19.0. The second-order valence-corrected chi connectivity index (χ2v) is 7.90. The zero-order chi connectivity index (χ0) is 19.8. The first-order valence-corrected chi connectivity index (χ1v) is 9.77. The van der Waals surface area contributed by atoms with Gasteiger partial charge in [-0.15, -0.1) is 0 Å². The summed E-state index contributed by atoms with van der Waals surface area (Å²) >= 11 is 6.07. The van der Waals surface area contributed by atoms with Crippen LogP contribution in [0.3, 0.4) is 0 Å². The zero-order valence-corrected chi connectivity index (χ0v) is 16.3. The summed E-state index contributed by atoms with van der Waals surface area (Å²) in [5.74, 6) is 0.159. The fraction of sp³-hybridized carbons (Fsp3) is 0.318. The Morgan fingerprint density at radius 3 is 2.93 bits per heavy atom. The third-order valence-corrected chi connectivity index (χ3v) is 5.64. The van der Waals surface area contributed by atoms with Crippen molar-refractivity contribution in [2.75, 3.05) is 13.1 Å². The van der Waals surface area contributed by atoms with E-state index < -0.39 is 5.82 Å².